The number of hydrogen-bond donors (Lipinski definition) is 1. The van der Waals surface area contributed by atoms with Crippen LogP contribution in [0, 0.1) is 4.77 Å². The van der Waals surface area contributed by atoms with E-state index in [4.69, 9.17) is 17.0 Å². The van der Waals surface area contributed by atoms with E-state index in [9.17, 15) is 0 Å². The maximum Gasteiger partial charge on any atom is 0.195 e. The van der Waals surface area contributed by atoms with Gasteiger partial charge in [0.2, 0.25) is 0 Å². The quantitative estimate of drug-likeness (QED) is 0.831. The molecule has 0 aliphatic carbocycles. The Labute approximate surface area is 119 Å². The molecule has 98 valence electrons. The monoisotopic (exact) mass is 302 g/mol. The van der Waals surface area contributed by atoms with Crippen LogP contribution < -0.4 is 0 Å². The zero-order chi connectivity index (χ0) is 13.0. The van der Waals surface area contributed by atoms with E-state index < -0.39 is 0 Å². The van der Waals surface area contributed by atoms with Crippen molar-refractivity contribution in [3.05, 3.63) is 16.0 Å². The minimum atomic E-state index is 0.608. The van der Waals surface area contributed by atoms with Crippen LogP contribution in [0.2, 0.25) is 0 Å². The van der Waals surface area contributed by atoms with Gasteiger partial charge in [-0.3, -0.25) is 9.67 Å². The minimum Gasteiger partial charge on any atom is -0.383 e. The Morgan fingerprint density at radius 3 is 3.17 bits per heavy atom. The molecule has 0 saturated heterocycles. The normalized spacial score (nSPS) is 11.0. The number of nitrogens with one attached hydrogen (secondary N) is 1. The van der Waals surface area contributed by atoms with Crippen LogP contribution in [-0.4, -0.2) is 39.7 Å². The van der Waals surface area contributed by atoms with Crippen molar-refractivity contribution in [1.82, 2.24) is 19.7 Å². The summed E-state index contributed by atoms with van der Waals surface area (Å²) in [6, 6.07) is 0. The number of aromatic nitrogens is 4. The molecule has 0 saturated carbocycles. The highest BCUT2D eigenvalue weighted by atomic mass is 32.2. The molecule has 2 aromatic rings. The van der Waals surface area contributed by atoms with Gasteiger partial charge in [-0.1, -0.05) is 0 Å². The SMILES string of the molecule is COCCn1c(-c2cnc(CSC)s2)n[nH]c1=S. The van der Waals surface area contributed by atoms with Crippen molar-refractivity contribution in [2.45, 2.75) is 12.3 Å². The summed E-state index contributed by atoms with van der Waals surface area (Å²) in [5.41, 5.74) is 0. The second-order valence-corrected chi connectivity index (χ2v) is 5.92. The van der Waals surface area contributed by atoms with Gasteiger partial charge in [-0.15, -0.1) is 11.3 Å². The van der Waals surface area contributed by atoms with Gasteiger partial charge in [0.05, 0.1) is 18.0 Å². The zero-order valence-corrected chi connectivity index (χ0v) is 12.6. The van der Waals surface area contributed by atoms with Crippen LogP contribution in [-0.2, 0) is 17.0 Å². The van der Waals surface area contributed by atoms with Crippen molar-refractivity contribution in [3.63, 3.8) is 0 Å². The molecule has 18 heavy (non-hydrogen) atoms. The maximum atomic E-state index is 5.21. The van der Waals surface area contributed by atoms with Crippen LogP contribution in [0.15, 0.2) is 6.20 Å². The van der Waals surface area contributed by atoms with Crippen molar-refractivity contribution in [3.8, 4) is 10.7 Å². The molecule has 0 aliphatic heterocycles. The lowest BCUT2D eigenvalue weighted by Gasteiger charge is -2.03. The number of ether oxygens (including phenoxy) is 1. The Hall–Kier alpha value is -0.700. The molecule has 2 heterocycles. The molecular weight excluding hydrogens is 288 g/mol. The van der Waals surface area contributed by atoms with E-state index in [1.54, 1.807) is 30.2 Å². The van der Waals surface area contributed by atoms with E-state index in [0.29, 0.717) is 17.9 Å². The molecule has 0 radical (unpaired) electrons. The summed E-state index contributed by atoms with van der Waals surface area (Å²) < 4.78 is 7.63. The molecule has 8 heteroatoms. The van der Waals surface area contributed by atoms with Gasteiger partial charge in [0.1, 0.15) is 5.01 Å². The zero-order valence-electron chi connectivity index (χ0n) is 10.2. The Morgan fingerprint density at radius 2 is 2.44 bits per heavy atom. The average molecular weight is 302 g/mol. The summed E-state index contributed by atoms with van der Waals surface area (Å²) >= 11 is 8.62. The second-order valence-electron chi connectivity index (χ2n) is 3.55. The van der Waals surface area contributed by atoms with Crippen molar-refractivity contribution in [2.24, 2.45) is 0 Å². The standard InChI is InChI=1S/C10H14N4OS3/c1-15-4-3-14-9(12-13-10(14)16)7-5-11-8(18-7)6-17-2/h5H,3-4,6H2,1-2H3,(H,13,16). The van der Waals surface area contributed by atoms with E-state index in [0.717, 1.165) is 21.5 Å². The molecule has 0 amide bonds. The number of H-pyrrole nitrogens is 1. The van der Waals surface area contributed by atoms with Gasteiger partial charge in [-0.05, 0) is 18.5 Å². The first-order valence-electron chi connectivity index (χ1n) is 5.34. The predicted molar refractivity (Wildman–Crippen MR) is 77.6 cm³/mol. The summed E-state index contributed by atoms with van der Waals surface area (Å²) in [7, 11) is 1.67. The highest BCUT2D eigenvalue weighted by molar-refractivity contribution is 7.97. The fourth-order valence-electron chi connectivity index (χ4n) is 1.50. The fourth-order valence-corrected chi connectivity index (χ4v) is 3.35. The fraction of sp³-hybridized carbons (Fsp3) is 0.500. The van der Waals surface area contributed by atoms with Gasteiger partial charge in [0, 0.05) is 19.1 Å². The smallest absolute Gasteiger partial charge is 0.195 e. The third-order valence-electron chi connectivity index (χ3n) is 2.32. The lowest BCUT2D eigenvalue weighted by Crippen LogP contribution is -2.05. The molecule has 0 bridgehead atoms. The van der Waals surface area contributed by atoms with Crippen LogP contribution in [0.1, 0.15) is 5.01 Å². The van der Waals surface area contributed by atoms with Gasteiger partial charge < -0.3 is 4.74 Å². The summed E-state index contributed by atoms with van der Waals surface area (Å²) in [5, 5.41) is 8.19. The van der Waals surface area contributed by atoms with Crippen LogP contribution in [0.4, 0.5) is 0 Å². The number of aromatic amines is 1. The number of nitrogens with zero attached hydrogens (tertiary/aromatic N) is 3. The van der Waals surface area contributed by atoms with Crippen molar-refractivity contribution in [1.29, 1.82) is 0 Å². The number of thioether (sulfide) groups is 1. The van der Waals surface area contributed by atoms with Gasteiger partial charge >= 0.3 is 0 Å². The second kappa shape index (κ2) is 6.46. The third kappa shape index (κ3) is 3.00. The Bertz CT molecular complexity index is 559. The minimum absolute atomic E-state index is 0.608. The highest BCUT2D eigenvalue weighted by Gasteiger charge is 2.12. The third-order valence-corrected chi connectivity index (χ3v) is 4.37. The van der Waals surface area contributed by atoms with Gasteiger partial charge in [-0.25, -0.2) is 4.98 Å². The van der Waals surface area contributed by atoms with Crippen molar-refractivity contribution in [2.75, 3.05) is 20.0 Å². The first-order valence-corrected chi connectivity index (χ1v) is 7.96. The molecule has 0 atom stereocenters. The first-order chi connectivity index (χ1) is 8.76. The van der Waals surface area contributed by atoms with Gasteiger partial charge in [-0.2, -0.15) is 16.9 Å². The summed E-state index contributed by atoms with van der Waals surface area (Å²) in [6.07, 6.45) is 3.92. The molecule has 5 nitrogen and oxygen atoms in total. The highest BCUT2D eigenvalue weighted by Crippen LogP contribution is 2.26. The molecule has 0 aliphatic rings. The number of rotatable bonds is 6. The summed E-state index contributed by atoms with van der Waals surface area (Å²) in [4.78, 5) is 5.41. The molecular formula is C10H14N4OS3. The van der Waals surface area contributed by atoms with E-state index in [1.807, 2.05) is 10.8 Å². The number of hydrogen-bond acceptors (Lipinski definition) is 6. The molecule has 0 aromatic carbocycles. The number of thiazole rings is 1. The molecule has 0 spiro atoms. The molecule has 0 fully saturated rings. The lowest BCUT2D eigenvalue weighted by atomic mass is 10.5. The first kappa shape index (κ1) is 13.7. The predicted octanol–water partition coefficient (Wildman–Crippen LogP) is 2.57. The Balaban J connectivity index is 2.28. The number of methoxy groups -OCH3 is 1. The average Bonchev–Trinajstić information content (AvgIpc) is 2.94. The van der Waals surface area contributed by atoms with Gasteiger partial charge in [0.25, 0.3) is 0 Å². The molecule has 0 unspecified atom stereocenters. The summed E-state index contributed by atoms with van der Waals surface area (Å²) in [5.74, 6) is 1.76. The maximum absolute atomic E-state index is 5.21. The topological polar surface area (TPSA) is 55.7 Å². The Morgan fingerprint density at radius 1 is 1.61 bits per heavy atom. The van der Waals surface area contributed by atoms with Crippen molar-refractivity contribution >= 4 is 35.3 Å². The van der Waals surface area contributed by atoms with Crippen LogP contribution >= 0.6 is 35.3 Å². The van der Waals surface area contributed by atoms with Gasteiger partial charge in [0.15, 0.2) is 10.6 Å². The van der Waals surface area contributed by atoms with Crippen LogP contribution in [0.25, 0.3) is 10.7 Å². The molecule has 1 N–H and O–H groups in total. The largest absolute Gasteiger partial charge is 0.383 e. The summed E-state index contributed by atoms with van der Waals surface area (Å²) in [6.45, 7) is 1.30. The lowest BCUT2D eigenvalue weighted by molar-refractivity contribution is 0.187. The van der Waals surface area contributed by atoms with E-state index in [2.05, 4.69) is 21.4 Å². The van der Waals surface area contributed by atoms with E-state index >= 15 is 0 Å². The van der Waals surface area contributed by atoms with Crippen molar-refractivity contribution < 1.29 is 4.74 Å². The Kier molecular flexibility index (Phi) is 4.93. The molecule has 2 rings (SSSR count). The van der Waals surface area contributed by atoms with E-state index in [-0.39, 0.29) is 0 Å². The van der Waals surface area contributed by atoms with Crippen LogP contribution in [0.5, 0.6) is 0 Å². The van der Waals surface area contributed by atoms with Crippen LogP contribution in [0.3, 0.4) is 0 Å². The van der Waals surface area contributed by atoms with E-state index in [1.165, 1.54) is 0 Å². The molecule has 2 aromatic heterocycles.